The van der Waals surface area contributed by atoms with Gasteiger partial charge in [-0.15, -0.1) is 0 Å². The molecule has 3 heteroatoms. The van der Waals surface area contributed by atoms with Crippen molar-refractivity contribution in [2.24, 2.45) is 0 Å². The molecule has 0 atom stereocenters. The zero-order valence-electron chi connectivity index (χ0n) is 47.7. The van der Waals surface area contributed by atoms with Crippen LogP contribution >= 0.6 is 0 Å². The third kappa shape index (κ3) is 10.9. The van der Waals surface area contributed by atoms with Crippen LogP contribution in [0.1, 0.15) is 16.7 Å². The smallest absolute Gasteiger partial charge is 0.0705 e. The third-order valence-corrected chi connectivity index (χ3v) is 16.5. The molecule has 0 N–H and O–H groups in total. The summed E-state index contributed by atoms with van der Waals surface area (Å²) >= 11 is 0. The lowest BCUT2D eigenvalue weighted by Gasteiger charge is -2.20. The number of rotatable bonds is 14. The van der Waals surface area contributed by atoms with Crippen LogP contribution in [-0.4, -0.2) is 15.0 Å². The first kappa shape index (κ1) is 52.9. The summed E-state index contributed by atoms with van der Waals surface area (Å²) in [5, 5.41) is 0. The normalized spacial score (nSPS) is 11.1. The average Bonchev–Trinajstić information content (AvgIpc) is 2.11. The van der Waals surface area contributed by atoms with Crippen LogP contribution in [0.15, 0.2) is 328 Å². The fraction of sp³-hybridized carbons (Fsp3) is 0.0241. The molecule has 86 heavy (non-hydrogen) atoms. The van der Waals surface area contributed by atoms with Crippen LogP contribution < -0.4 is 0 Å². The van der Waals surface area contributed by atoms with Gasteiger partial charge < -0.3 is 0 Å². The molecule has 0 unspecified atom stereocenters. The Morgan fingerprint density at radius 3 is 1.01 bits per heavy atom. The van der Waals surface area contributed by atoms with Gasteiger partial charge in [0.05, 0.1) is 17.1 Å². The van der Waals surface area contributed by atoms with Gasteiger partial charge in [0.2, 0.25) is 0 Å². The molecule has 3 heterocycles. The molecule has 0 aliphatic carbocycles. The monoisotopic (exact) mass is 1100 g/mol. The van der Waals surface area contributed by atoms with Gasteiger partial charge in [-0.1, -0.05) is 255 Å². The second kappa shape index (κ2) is 24.0. The van der Waals surface area contributed by atoms with Gasteiger partial charge in [0, 0.05) is 40.8 Å². The van der Waals surface area contributed by atoms with Gasteiger partial charge >= 0.3 is 0 Å². The molecule has 0 bridgehead atoms. The summed E-state index contributed by atoms with van der Waals surface area (Å²) in [5.41, 5.74) is 30.4. The topological polar surface area (TPSA) is 38.7 Å². The highest BCUT2D eigenvalue weighted by Crippen LogP contribution is 2.46. The minimum absolute atomic E-state index is 0.686. The lowest BCUT2D eigenvalue weighted by molar-refractivity contribution is 1.20. The molecule has 0 radical (unpaired) electrons. The molecule has 14 aromatic rings. The quantitative estimate of drug-likeness (QED) is 0.109. The SMILES string of the molecule is Cc1cc(-c2ccc(-c3ccccc3-c3cc(Cc4ccccc4-c4ccc(-c5ccccn5)cc4-c4ccccc4)cc(-c4ccccc4-c4ccc(-c5ccccn5)cc4-c4ccccc4)c3)c(-c3ccccc3)c2)ncc1-c1ccccc1. The summed E-state index contributed by atoms with van der Waals surface area (Å²) in [4.78, 5) is 14.6. The van der Waals surface area contributed by atoms with Crippen LogP contribution in [0.4, 0.5) is 0 Å². The van der Waals surface area contributed by atoms with Crippen LogP contribution in [0.2, 0.25) is 0 Å². The zero-order valence-corrected chi connectivity index (χ0v) is 47.7. The van der Waals surface area contributed by atoms with Crippen molar-refractivity contribution in [3.05, 3.63) is 345 Å². The van der Waals surface area contributed by atoms with Crippen LogP contribution in [-0.2, 0) is 6.42 Å². The molecule has 406 valence electrons. The van der Waals surface area contributed by atoms with E-state index in [-0.39, 0.29) is 0 Å². The second-order valence-electron chi connectivity index (χ2n) is 21.9. The molecule has 11 aromatic carbocycles. The Hall–Kier alpha value is -11.1. The van der Waals surface area contributed by atoms with Crippen LogP contribution in [0.25, 0.3) is 134 Å². The Morgan fingerprint density at radius 1 is 0.221 bits per heavy atom. The summed E-state index contributed by atoms with van der Waals surface area (Å²) in [6, 6.07) is 112. The number of hydrogen-bond donors (Lipinski definition) is 0. The number of benzene rings is 11. The van der Waals surface area contributed by atoms with Crippen LogP contribution in [0, 0.1) is 6.92 Å². The van der Waals surface area contributed by atoms with Gasteiger partial charge in [-0.3, -0.25) is 15.0 Å². The van der Waals surface area contributed by atoms with Crippen molar-refractivity contribution in [3.63, 3.8) is 0 Å². The number of pyridine rings is 3. The van der Waals surface area contributed by atoms with Crippen LogP contribution in [0.3, 0.4) is 0 Å². The predicted molar refractivity (Wildman–Crippen MR) is 359 cm³/mol. The zero-order chi connectivity index (χ0) is 57.6. The lowest BCUT2D eigenvalue weighted by Crippen LogP contribution is -1.97. The molecule has 0 saturated carbocycles. The molecular formula is C83H59N3. The van der Waals surface area contributed by atoms with Crippen molar-refractivity contribution in [2.75, 3.05) is 0 Å². The highest BCUT2D eigenvalue weighted by atomic mass is 14.7. The second-order valence-corrected chi connectivity index (χ2v) is 21.9. The summed E-state index contributed by atoms with van der Waals surface area (Å²) in [5.74, 6) is 0. The van der Waals surface area contributed by atoms with Crippen molar-refractivity contribution in [3.8, 4) is 134 Å². The van der Waals surface area contributed by atoms with E-state index in [2.05, 4.69) is 304 Å². The Bertz CT molecular complexity index is 4700. The van der Waals surface area contributed by atoms with E-state index >= 15 is 0 Å². The molecule has 0 aliphatic rings. The van der Waals surface area contributed by atoms with Crippen LogP contribution in [0.5, 0.6) is 0 Å². The van der Waals surface area contributed by atoms with Crippen molar-refractivity contribution in [2.45, 2.75) is 13.3 Å². The van der Waals surface area contributed by atoms with E-state index in [4.69, 9.17) is 15.0 Å². The van der Waals surface area contributed by atoms with Gasteiger partial charge in [0.1, 0.15) is 0 Å². The van der Waals surface area contributed by atoms with E-state index in [9.17, 15) is 0 Å². The molecule has 14 rings (SSSR count). The first-order valence-corrected chi connectivity index (χ1v) is 29.4. The van der Waals surface area contributed by atoms with Crippen molar-refractivity contribution >= 4 is 0 Å². The van der Waals surface area contributed by atoms with E-state index in [1.165, 1.54) is 27.8 Å². The maximum atomic E-state index is 5.10. The number of aryl methyl sites for hydroxylation is 1. The van der Waals surface area contributed by atoms with Gasteiger partial charge in [-0.05, 0) is 179 Å². The molecule has 0 aliphatic heterocycles. The van der Waals surface area contributed by atoms with Gasteiger partial charge in [0.15, 0.2) is 0 Å². The largest absolute Gasteiger partial charge is 0.256 e. The average molecular weight is 1100 g/mol. The molecule has 0 saturated heterocycles. The van der Waals surface area contributed by atoms with E-state index in [1.807, 2.05) is 30.7 Å². The third-order valence-electron chi connectivity index (χ3n) is 16.5. The standard InChI is InChI=1S/C83H59N3/c1-57-48-83(86-56-80(57)62-30-12-5-13-31-62)66-42-45-76(79(55-66)61-28-10-4-11-29-61)73-37-19-17-35-71(73)68-51-58(49-63-32-14-15-33-69(63)74-43-40-64(81-38-20-22-46-84-81)53-77(74)59-24-6-2-7-25-59)50-67(52-68)70-34-16-18-36-72(70)75-44-41-65(82-39-21-23-47-85-82)54-78(75)60-26-8-3-9-27-60/h2-48,50-56H,49H2,1H3. The highest BCUT2D eigenvalue weighted by molar-refractivity contribution is 5.97. The molecule has 0 fully saturated rings. The lowest BCUT2D eigenvalue weighted by atomic mass is 9.84. The maximum absolute atomic E-state index is 5.10. The minimum atomic E-state index is 0.686. The van der Waals surface area contributed by atoms with E-state index in [0.717, 1.165) is 123 Å². The molecular weight excluding hydrogens is 1040 g/mol. The number of aromatic nitrogens is 3. The first-order valence-electron chi connectivity index (χ1n) is 29.4. The molecule has 0 spiro atoms. The van der Waals surface area contributed by atoms with Gasteiger partial charge in [-0.25, -0.2) is 0 Å². The fourth-order valence-corrected chi connectivity index (χ4v) is 12.3. The molecule has 0 amide bonds. The van der Waals surface area contributed by atoms with Crippen molar-refractivity contribution < 1.29 is 0 Å². The first-order chi connectivity index (χ1) is 42.6. The van der Waals surface area contributed by atoms with E-state index in [0.29, 0.717) is 6.42 Å². The van der Waals surface area contributed by atoms with Crippen molar-refractivity contribution in [1.29, 1.82) is 0 Å². The summed E-state index contributed by atoms with van der Waals surface area (Å²) in [6.07, 6.45) is 6.44. The Kier molecular flexibility index (Phi) is 14.8. The Balaban J connectivity index is 0.946. The number of hydrogen-bond acceptors (Lipinski definition) is 3. The minimum Gasteiger partial charge on any atom is -0.256 e. The summed E-state index contributed by atoms with van der Waals surface area (Å²) in [7, 11) is 0. The Morgan fingerprint density at radius 2 is 0.581 bits per heavy atom. The molecule has 3 nitrogen and oxygen atoms in total. The van der Waals surface area contributed by atoms with Crippen molar-refractivity contribution in [1.82, 2.24) is 15.0 Å². The van der Waals surface area contributed by atoms with E-state index in [1.54, 1.807) is 0 Å². The predicted octanol–water partition coefficient (Wildman–Crippen LogP) is 21.8. The maximum Gasteiger partial charge on any atom is 0.0705 e. The van der Waals surface area contributed by atoms with E-state index < -0.39 is 0 Å². The fourth-order valence-electron chi connectivity index (χ4n) is 12.3. The number of nitrogens with zero attached hydrogens (tertiary/aromatic N) is 3. The highest BCUT2D eigenvalue weighted by Gasteiger charge is 2.21. The molecule has 3 aromatic heterocycles. The van der Waals surface area contributed by atoms with Gasteiger partial charge in [0.25, 0.3) is 0 Å². The van der Waals surface area contributed by atoms with Gasteiger partial charge in [-0.2, -0.15) is 0 Å². The Labute approximate surface area is 504 Å². The summed E-state index contributed by atoms with van der Waals surface area (Å²) in [6.45, 7) is 2.18. The summed E-state index contributed by atoms with van der Waals surface area (Å²) < 4.78 is 0.